The van der Waals surface area contributed by atoms with E-state index in [-0.39, 0.29) is 9.52 Å². The molecule has 1 heteroatoms. The van der Waals surface area contributed by atoms with Crippen LogP contribution in [0, 0.1) is 0 Å². The summed E-state index contributed by atoms with van der Waals surface area (Å²) in [6.07, 6.45) is 4.91. The van der Waals surface area contributed by atoms with Crippen LogP contribution in [0.15, 0.2) is 11.8 Å². The largest absolute Gasteiger partial charge is 0.105 e. The lowest BCUT2D eigenvalue weighted by molar-refractivity contribution is 0.960. The highest BCUT2D eigenvalue weighted by molar-refractivity contribution is 6.41. The van der Waals surface area contributed by atoms with E-state index in [4.69, 9.17) is 0 Å². The van der Waals surface area contributed by atoms with Gasteiger partial charge in [-0.3, -0.25) is 0 Å². The van der Waals surface area contributed by atoms with Gasteiger partial charge in [0.05, 0.1) is 0 Å². The third kappa shape index (κ3) is 5.96. The van der Waals surface area contributed by atoms with Crippen LogP contribution in [0.25, 0.3) is 0 Å². The minimum atomic E-state index is 0.221. The van der Waals surface area contributed by atoms with Crippen molar-refractivity contribution < 1.29 is 0 Å². The van der Waals surface area contributed by atoms with Crippen molar-refractivity contribution in [2.24, 2.45) is 0 Å². The minimum Gasteiger partial charge on any atom is -0.105 e. The highest BCUT2D eigenvalue weighted by Gasteiger charge is 1.73. The van der Waals surface area contributed by atoms with Gasteiger partial charge in [0.1, 0.15) is 0 Å². The van der Waals surface area contributed by atoms with Crippen molar-refractivity contribution in [2.75, 3.05) is 0 Å². The average molecular weight is 128 g/mol. The number of hydrogen-bond acceptors (Lipinski definition) is 0. The molecule has 0 aromatic carbocycles. The summed E-state index contributed by atoms with van der Waals surface area (Å²) in [5, 5.41) is 0. The van der Waals surface area contributed by atoms with E-state index in [1.807, 2.05) is 0 Å². The van der Waals surface area contributed by atoms with E-state index in [0.717, 1.165) is 0 Å². The fourth-order valence-electron chi connectivity index (χ4n) is 0.569. The second-order valence-corrected chi connectivity index (χ2v) is 4.10. The summed E-state index contributed by atoms with van der Waals surface area (Å²) >= 11 is 0. The fraction of sp³-hybridized carbons (Fsp3) is 0.714. The van der Waals surface area contributed by atoms with Gasteiger partial charge >= 0.3 is 0 Å². The van der Waals surface area contributed by atoms with Gasteiger partial charge in [-0.25, -0.2) is 0 Å². The van der Waals surface area contributed by atoms with E-state index in [1.165, 1.54) is 18.9 Å². The second-order valence-electron chi connectivity index (χ2n) is 2.05. The Morgan fingerprint density at radius 2 is 2.12 bits per heavy atom. The summed E-state index contributed by atoms with van der Waals surface area (Å²) in [4.78, 5) is 0. The molecule has 0 unspecified atom stereocenters. The number of allylic oxidation sites excluding steroid dienone is 1. The third-order valence-electron chi connectivity index (χ3n) is 1.08. The van der Waals surface area contributed by atoms with Crippen molar-refractivity contribution in [3.63, 3.8) is 0 Å². The van der Waals surface area contributed by atoms with Gasteiger partial charge in [0.15, 0.2) is 0 Å². The molecule has 0 aromatic rings. The van der Waals surface area contributed by atoms with Crippen LogP contribution in [0.2, 0.25) is 6.04 Å². The Labute approximate surface area is 54.8 Å². The lowest BCUT2D eigenvalue weighted by atomic mass is 10.3. The highest BCUT2D eigenvalue weighted by atomic mass is 28.2. The van der Waals surface area contributed by atoms with Crippen molar-refractivity contribution in [2.45, 2.75) is 32.7 Å². The zero-order chi connectivity index (χ0) is 6.24. The maximum Gasteiger partial charge on any atom is 0.0447 e. The second kappa shape index (κ2) is 6.96. The molecule has 0 heterocycles. The summed E-state index contributed by atoms with van der Waals surface area (Å²) < 4.78 is 0. The molecule has 0 aromatic heterocycles. The van der Waals surface area contributed by atoms with Crippen LogP contribution >= 0.6 is 0 Å². The van der Waals surface area contributed by atoms with Gasteiger partial charge in [0.25, 0.3) is 0 Å². The molecular formula is C7H16Si. The first-order valence-corrected chi connectivity index (χ1v) is 5.38. The first kappa shape index (κ1) is 7.96. The number of hydrogen-bond donors (Lipinski definition) is 0. The SMILES string of the molecule is CCCC=C[SiH2]CC. The maximum atomic E-state index is 2.41. The quantitative estimate of drug-likeness (QED) is 0.507. The van der Waals surface area contributed by atoms with Gasteiger partial charge < -0.3 is 0 Å². The van der Waals surface area contributed by atoms with Crippen LogP contribution in [0.5, 0.6) is 0 Å². The predicted molar refractivity (Wildman–Crippen MR) is 43.1 cm³/mol. The number of rotatable bonds is 4. The molecule has 0 aliphatic heterocycles. The lowest BCUT2D eigenvalue weighted by Crippen LogP contribution is -1.76. The Morgan fingerprint density at radius 3 is 2.62 bits per heavy atom. The normalized spacial score (nSPS) is 12.2. The van der Waals surface area contributed by atoms with Gasteiger partial charge in [-0.05, 0) is 6.42 Å². The Kier molecular flexibility index (Phi) is 6.92. The third-order valence-corrected chi connectivity index (χ3v) is 2.32. The molecule has 0 fully saturated rings. The van der Waals surface area contributed by atoms with Gasteiger partial charge in [-0.15, -0.1) is 5.70 Å². The van der Waals surface area contributed by atoms with Crippen molar-refractivity contribution in [3.8, 4) is 0 Å². The average Bonchev–Trinajstić information content (AvgIpc) is 1.81. The Bertz CT molecular complexity index is 49.4. The molecule has 0 spiro atoms. The standard InChI is InChI=1S/C7H16Si/c1-3-5-6-7-8-4-2/h6-7H,3-5,8H2,1-2H3. The van der Waals surface area contributed by atoms with Crippen LogP contribution in [-0.4, -0.2) is 9.52 Å². The monoisotopic (exact) mass is 128 g/mol. The van der Waals surface area contributed by atoms with Crippen molar-refractivity contribution in [1.82, 2.24) is 0 Å². The van der Waals surface area contributed by atoms with E-state index in [1.54, 1.807) is 0 Å². The molecule has 48 valence electrons. The minimum absolute atomic E-state index is 0.221. The molecule has 0 aliphatic rings. The Balaban J connectivity index is 2.83. The molecule has 0 aliphatic carbocycles. The van der Waals surface area contributed by atoms with Crippen LogP contribution in [-0.2, 0) is 0 Å². The summed E-state index contributed by atoms with van der Waals surface area (Å²) in [5.74, 6) is 0. The van der Waals surface area contributed by atoms with Crippen LogP contribution < -0.4 is 0 Å². The van der Waals surface area contributed by atoms with Gasteiger partial charge in [-0.2, -0.15) is 0 Å². The van der Waals surface area contributed by atoms with Gasteiger partial charge in [0, 0.05) is 9.52 Å². The fourth-order valence-corrected chi connectivity index (χ4v) is 1.37. The van der Waals surface area contributed by atoms with Crippen molar-refractivity contribution in [1.29, 1.82) is 0 Å². The van der Waals surface area contributed by atoms with Crippen LogP contribution in [0.3, 0.4) is 0 Å². The molecule has 0 atom stereocenters. The zero-order valence-electron chi connectivity index (χ0n) is 5.98. The smallest absolute Gasteiger partial charge is 0.0447 e. The molecule has 0 amide bonds. The molecule has 8 heavy (non-hydrogen) atoms. The summed E-state index contributed by atoms with van der Waals surface area (Å²) in [5.41, 5.74) is 2.41. The maximum absolute atomic E-state index is 2.41. The predicted octanol–water partition coefficient (Wildman–Crippen LogP) is 1.91. The molecule has 0 N–H and O–H groups in total. The molecule has 0 rings (SSSR count). The van der Waals surface area contributed by atoms with E-state index >= 15 is 0 Å². The van der Waals surface area contributed by atoms with Gasteiger partial charge in [-0.1, -0.05) is 32.4 Å². The Hall–Kier alpha value is -0.0431. The molecule has 0 nitrogen and oxygen atoms in total. The molecule has 0 bridgehead atoms. The zero-order valence-corrected chi connectivity index (χ0v) is 7.40. The van der Waals surface area contributed by atoms with E-state index in [0.29, 0.717) is 0 Å². The summed E-state index contributed by atoms with van der Waals surface area (Å²) in [7, 11) is 0.221. The summed E-state index contributed by atoms with van der Waals surface area (Å²) in [6.45, 7) is 4.49. The van der Waals surface area contributed by atoms with Crippen LogP contribution in [0.1, 0.15) is 26.7 Å². The van der Waals surface area contributed by atoms with Crippen molar-refractivity contribution in [3.05, 3.63) is 11.8 Å². The first-order chi connectivity index (χ1) is 3.91. The lowest BCUT2D eigenvalue weighted by Gasteiger charge is -1.82. The van der Waals surface area contributed by atoms with E-state index < -0.39 is 0 Å². The van der Waals surface area contributed by atoms with E-state index in [2.05, 4.69) is 25.6 Å². The molecular weight excluding hydrogens is 112 g/mol. The van der Waals surface area contributed by atoms with Gasteiger partial charge in [0.2, 0.25) is 0 Å². The highest BCUT2D eigenvalue weighted by Crippen LogP contribution is 1.87. The van der Waals surface area contributed by atoms with Crippen molar-refractivity contribution >= 4 is 9.52 Å². The molecule has 0 radical (unpaired) electrons. The summed E-state index contributed by atoms with van der Waals surface area (Å²) in [6, 6.07) is 1.42. The molecule has 0 saturated heterocycles. The van der Waals surface area contributed by atoms with E-state index in [9.17, 15) is 0 Å². The number of unbranched alkanes of at least 4 members (excludes halogenated alkanes) is 1. The van der Waals surface area contributed by atoms with Crippen LogP contribution in [0.4, 0.5) is 0 Å². The molecule has 0 saturated carbocycles. The first-order valence-electron chi connectivity index (χ1n) is 3.56. The topological polar surface area (TPSA) is 0 Å². The Morgan fingerprint density at radius 1 is 1.38 bits per heavy atom.